The molecule has 0 radical (unpaired) electrons. The topological polar surface area (TPSA) is 100 Å². The van der Waals surface area contributed by atoms with Gasteiger partial charge in [-0.1, -0.05) is 24.3 Å². The van der Waals surface area contributed by atoms with E-state index in [4.69, 9.17) is 0 Å². The van der Waals surface area contributed by atoms with Crippen molar-refractivity contribution in [3.63, 3.8) is 0 Å². The molecule has 10 heteroatoms. The van der Waals surface area contributed by atoms with Crippen molar-refractivity contribution in [3.05, 3.63) is 59.9 Å². The zero-order chi connectivity index (χ0) is 20.7. The van der Waals surface area contributed by atoms with Crippen molar-refractivity contribution < 1.29 is 31.5 Å². The van der Waals surface area contributed by atoms with Crippen molar-refractivity contribution in [1.82, 2.24) is 10.2 Å². The van der Waals surface area contributed by atoms with Gasteiger partial charge in [-0.2, -0.15) is 18.3 Å². The Morgan fingerprint density at radius 2 is 1.71 bits per heavy atom. The van der Waals surface area contributed by atoms with E-state index in [2.05, 4.69) is 5.10 Å². The third-order valence-corrected chi connectivity index (χ3v) is 5.21. The summed E-state index contributed by atoms with van der Waals surface area (Å²) in [5.41, 5.74) is -1.52. The third kappa shape index (κ3) is 3.63. The maximum absolute atomic E-state index is 13.3. The fourth-order valence-electron chi connectivity index (χ4n) is 2.83. The molecule has 0 aliphatic carbocycles. The predicted molar refractivity (Wildman–Crippen MR) is 94.5 cm³/mol. The van der Waals surface area contributed by atoms with E-state index in [1.54, 1.807) is 0 Å². The second-order valence-corrected chi connectivity index (χ2v) is 8.00. The van der Waals surface area contributed by atoms with Crippen LogP contribution < -0.4 is 0 Å². The lowest BCUT2D eigenvalue weighted by atomic mass is 9.90. The Morgan fingerprint density at radius 1 is 1.07 bits per heavy atom. The molecule has 0 amide bonds. The highest BCUT2D eigenvalue weighted by Crippen LogP contribution is 2.41. The van der Waals surface area contributed by atoms with Crippen molar-refractivity contribution in [2.45, 2.75) is 11.1 Å². The van der Waals surface area contributed by atoms with Gasteiger partial charge in [0.2, 0.25) is 0 Å². The van der Waals surface area contributed by atoms with E-state index in [-0.39, 0.29) is 21.6 Å². The van der Waals surface area contributed by atoms with E-state index in [9.17, 15) is 31.5 Å². The third-order valence-electron chi connectivity index (χ3n) is 4.08. The lowest BCUT2D eigenvalue weighted by molar-refractivity contribution is -0.140. The van der Waals surface area contributed by atoms with E-state index < -0.39 is 33.2 Å². The van der Waals surface area contributed by atoms with Gasteiger partial charge < -0.3 is 5.11 Å². The summed E-state index contributed by atoms with van der Waals surface area (Å²) < 4.78 is 63.2. The Balaban J connectivity index is 2.29. The Bertz CT molecular complexity index is 1150. The van der Waals surface area contributed by atoms with Gasteiger partial charge in [0.05, 0.1) is 16.7 Å². The van der Waals surface area contributed by atoms with Crippen molar-refractivity contribution in [2.75, 3.05) is 6.26 Å². The van der Waals surface area contributed by atoms with Gasteiger partial charge in [0.25, 0.3) is 0 Å². The number of sulfone groups is 1. The van der Waals surface area contributed by atoms with Crippen LogP contribution in [-0.2, 0) is 16.0 Å². The van der Waals surface area contributed by atoms with Gasteiger partial charge in [-0.05, 0) is 29.3 Å². The fourth-order valence-corrected chi connectivity index (χ4v) is 3.47. The molecule has 6 nitrogen and oxygen atoms in total. The van der Waals surface area contributed by atoms with Crippen LogP contribution in [0, 0.1) is 0 Å². The number of carboxylic acids is 1. The van der Waals surface area contributed by atoms with Crippen LogP contribution in [0.1, 0.15) is 16.1 Å². The maximum atomic E-state index is 13.3. The summed E-state index contributed by atoms with van der Waals surface area (Å²) in [6, 6.07) is 9.50. The van der Waals surface area contributed by atoms with Crippen molar-refractivity contribution >= 4 is 15.8 Å². The first-order valence-electron chi connectivity index (χ1n) is 7.78. The molecular weight excluding hydrogens is 397 g/mol. The van der Waals surface area contributed by atoms with Crippen molar-refractivity contribution in [1.29, 1.82) is 0 Å². The van der Waals surface area contributed by atoms with Gasteiger partial charge in [0, 0.05) is 17.4 Å². The Morgan fingerprint density at radius 3 is 2.25 bits per heavy atom. The number of aromatic nitrogens is 2. The number of benzene rings is 2. The monoisotopic (exact) mass is 410 g/mol. The van der Waals surface area contributed by atoms with E-state index in [0.29, 0.717) is 5.56 Å². The number of alkyl halides is 3. The summed E-state index contributed by atoms with van der Waals surface area (Å²) in [6.45, 7) is 0. The normalized spacial score (nSPS) is 12.1. The number of aromatic amines is 1. The molecule has 0 unspecified atom stereocenters. The SMILES string of the molecule is CS(=O)(=O)c1ccc(-c2cccc(C(=O)O)c2-c2cn[nH]c2C(F)(F)F)cc1. The van der Waals surface area contributed by atoms with Crippen LogP contribution in [-0.4, -0.2) is 35.9 Å². The standard InChI is InChI=1S/C18H13F3N2O4S/c1-28(26,27)11-7-5-10(6-8-11)12-3-2-4-13(17(24)25)15(12)14-9-22-23-16(14)18(19,20)21/h2-9H,1H3,(H,22,23)(H,24,25). The van der Waals surface area contributed by atoms with Crippen LogP contribution in [0.5, 0.6) is 0 Å². The van der Waals surface area contributed by atoms with E-state index >= 15 is 0 Å². The van der Waals surface area contributed by atoms with Crippen LogP contribution in [0.4, 0.5) is 13.2 Å². The zero-order valence-electron chi connectivity index (χ0n) is 14.3. The number of aromatic carboxylic acids is 1. The highest BCUT2D eigenvalue weighted by molar-refractivity contribution is 7.90. The highest BCUT2D eigenvalue weighted by Gasteiger charge is 2.37. The molecule has 28 heavy (non-hydrogen) atoms. The number of nitrogens with one attached hydrogen (secondary N) is 1. The fraction of sp³-hybridized carbons (Fsp3) is 0.111. The average molecular weight is 410 g/mol. The number of carboxylic acid groups (broad SMARTS) is 1. The van der Waals surface area contributed by atoms with Crippen LogP contribution >= 0.6 is 0 Å². The molecule has 146 valence electrons. The zero-order valence-corrected chi connectivity index (χ0v) is 15.1. The van der Waals surface area contributed by atoms with Crippen LogP contribution in [0.25, 0.3) is 22.3 Å². The molecule has 2 aromatic carbocycles. The molecule has 1 aromatic heterocycles. The Hall–Kier alpha value is -3.14. The van der Waals surface area contributed by atoms with Gasteiger partial charge in [-0.15, -0.1) is 0 Å². The van der Waals surface area contributed by atoms with Gasteiger partial charge in [0.1, 0.15) is 5.69 Å². The lowest BCUT2D eigenvalue weighted by Crippen LogP contribution is -2.09. The van der Waals surface area contributed by atoms with Gasteiger partial charge in [0.15, 0.2) is 9.84 Å². The van der Waals surface area contributed by atoms with Gasteiger partial charge in [-0.3, -0.25) is 5.10 Å². The largest absolute Gasteiger partial charge is 0.478 e. The molecule has 0 aliphatic rings. The Kier molecular flexibility index (Phi) is 4.76. The molecule has 2 N–H and O–H groups in total. The smallest absolute Gasteiger partial charge is 0.433 e. The molecule has 0 fully saturated rings. The first-order chi connectivity index (χ1) is 13.0. The number of hydrogen-bond donors (Lipinski definition) is 2. The summed E-state index contributed by atoms with van der Waals surface area (Å²) in [6.07, 6.45) is -2.83. The van der Waals surface area contributed by atoms with E-state index in [0.717, 1.165) is 12.5 Å². The molecule has 0 bridgehead atoms. The van der Waals surface area contributed by atoms with Crippen LogP contribution in [0.2, 0.25) is 0 Å². The first kappa shape index (κ1) is 19.6. The summed E-state index contributed by atoms with van der Waals surface area (Å²) >= 11 is 0. The minimum Gasteiger partial charge on any atom is -0.478 e. The van der Waals surface area contributed by atoms with Crippen molar-refractivity contribution in [3.8, 4) is 22.3 Å². The second kappa shape index (κ2) is 6.79. The van der Waals surface area contributed by atoms with Crippen molar-refractivity contribution in [2.24, 2.45) is 0 Å². The minimum absolute atomic E-state index is 0.0338. The predicted octanol–water partition coefficient (Wildman–Crippen LogP) is 3.86. The molecule has 3 aromatic rings. The van der Waals surface area contributed by atoms with E-state index in [1.165, 1.54) is 42.5 Å². The number of nitrogens with zero attached hydrogens (tertiary/aromatic N) is 1. The molecule has 1 heterocycles. The number of rotatable bonds is 4. The number of halogens is 3. The summed E-state index contributed by atoms with van der Waals surface area (Å²) in [4.78, 5) is 11.7. The summed E-state index contributed by atoms with van der Waals surface area (Å²) in [7, 11) is -3.46. The second-order valence-electron chi connectivity index (χ2n) is 5.99. The molecule has 0 atom stereocenters. The lowest BCUT2D eigenvalue weighted by Gasteiger charge is -2.15. The minimum atomic E-state index is -4.77. The number of hydrogen-bond acceptors (Lipinski definition) is 4. The quantitative estimate of drug-likeness (QED) is 0.680. The van der Waals surface area contributed by atoms with Crippen LogP contribution in [0.3, 0.4) is 0 Å². The average Bonchev–Trinajstić information content (AvgIpc) is 3.10. The molecule has 0 saturated carbocycles. The Labute approximate surface area is 157 Å². The molecule has 3 rings (SSSR count). The maximum Gasteiger partial charge on any atom is 0.433 e. The molecule has 0 saturated heterocycles. The van der Waals surface area contributed by atoms with Gasteiger partial charge >= 0.3 is 12.1 Å². The number of carbonyl (C=O) groups is 1. The number of H-pyrrole nitrogens is 1. The van der Waals surface area contributed by atoms with Gasteiger partial charge in [-0.25, -0.2) is 13.2 Å². The van der Waals surface area contributed by atoms with Crippen LogP contribution in [0.15, 0.2) is 53.6 Å². The molecule has 0 spiro atoms. The molecular formula is C18H13F3N2O4S. The van der Waals surface area contributed by atoms with E-state index in [1.807, 2.05) is 5.10 Å². The summed E-state index contributed by atoms with van der Waals surface area (Å²) in [5.74, 6) is -1.40. The molecule has 0 aliphatic heterocycles. The summed E-state index contributed by atoms with van der Waals surface area (Å²) in [5, 5.41) is 14.8. The highest BCUT2D eigenvalue weighted by atomic mass is 32.2. The first-order valence-corrected chi connectivity index (χ1v) is 9.67.